The van der Waals surface area contributed by atoms with Crippen molar-refractivity contribution in [1.29, 1.82) is 0 Å². The summed E-state index contributed by atoms with van der Waals surface area (Å²) in [5.74, 6) is 1.30. The van der Waals surface area contributed by atoms with E-state index in [0.717, 1.165) is 32.1 Å². The first-order valence-corrected chi connectivity index (χ1v) is 9.70. The molecule has 0 heterocycles. The van der Waals surface area contributed by atoms with Crippen molar-refractivity contribution in [2.45, 2.75) is 57.6 Å². The highest BCUT2D eigenvalue weighted by atomic mass is 32.2. The van der Waals surface area contributed by atoms with E-state index in [1.165, 1.54) is 7.05 Å². The molecule has 5 saturated carbocycles. The summed E-state index contributed by atoms with van der Waals surface area (Å²) in [5.41, 5.74) is -0.947. The van der Waals surface area contributed by atoms with Crippen LogP contribution in [0.4, 0.5) is 0 Å². The van der Waals surface area contributed by atoms with Gasteiger partial charge in [0.05, 0.1) is 10.7 Å². The van der Waals surface area contributed by atoms with Gasteiger partial charge in [0, 0.05) is 6.42 Å². The van der Waals surface area contributed by atoms with Crippen LogP contribution in [0.5, 0.6) is 0 Å². The Kier molecular flexibility index (Phi) is 2.52. The molecule has 5 fully saturated rings. The van der Waals surface area contributed by atoms with Crippen LogP contribution in [0.15, 0.2) is 0 Å². The smallest absolute Gasteiger partial charge is 0.215 e. The maximum atomic E-state index is 12.9. The van der Waals surface area contributed by atoms with Crippen molar-refractivity contribution in [3.63, 3.8) is 0 Å². The number of fused-ring (bicyclic) bond motifs is 2. The lowest BCUT2D eigenvalue weighted by Crippen LogP contribution is -2.69. The van der Waals surface area contributed by atoms with Crippen LogP contribution in [0.3, 0.4) is 0 Å². The van der Waals surface area contributed by atoms with Crippen LogP contribution in [0.1, 0.15) is 52.4 Å². The van der Waals surface area contributed by atoms with E-state index >= 15 is 0 Å². The maximum Gasteiger partial charge on any atom is 0.215 e. The maximum absolute atomic E-state index is 12.9. The Bertz CT molecular complexity index is 606. The Morgan fingerprint density at radius 1 is 1.24 bits per heavy atom. The number of sulfonamides is 1. The molecule has 5 aliphatic carbocycles. The SMILES string of the molecule is CNS(=O)(=O)C(C12CC(C1)C2)C12CCC(CC1=O)C2(C)C. The van der Waals surface area contributed by atoms with E-state index in [1.54, 1.807) is 0 Å². The Morgan fingerprint density at radius 3 is 2.19 bits per heavy atom. The molecule has 0 amide bonds. The average molecular weight is 311 g/mol. The zero-order chi connectivity index (χ0) is 15.3. The van der Waals surface area contributed by atoms with Crippen LogP contribution in [-0.4, -0.2) is 26.5 Å². The fourth-order valence-corrected chi connectivity index (χ4v) is 8.69. The predicted octanol–water partition coefficient (Wildman–Crippen LogP) is 2.10. The lowest BCUT2D eigenvalue weighted by Gasteiger charge is -2.68. The Hall–Kier alpha value is -0.420. The summed E-state index contributed by atoms with van der Waals surface area (Å²) in [6.07, 6.45) is 5.38. The number of nitrogens with one attached hydrogen (secondary N) is 1. The molecule has 118 valence electrons. The highest BCUT2D eigenvalue weighted by molar-refractivity contribution is 7.90. The van der Waals surface area contributed by atoms with E-state index in [2.05, 4.69) is 18.6 Å². The van der Waals surface area contributed by atoms with Gasteiger partial charge in [0.15, 0.2) is 0 Å². The summed E-state index contributed by atoms with van der Waals surface area (Å²) >= 11 is 0. The summed E-state index contributed by atoms with van der Waals surface area (Å²) in [6, 6.07) is 0. The van der Waals surface area contributed by atoms with E-state index in [1.807, 2.05) is 0 Å². The third-order valence-corrected chi connectivity index (χ3v) is 9.76. The van der Waals surface area contributed by atoms with E-state index in [-0.39, 0.29) is 16.6 Å². The number of carbonyl (C=O) groups is 1. The van der Waals surface area contributed by atoms with Crippen molar-refractivity contribution >= 4 is 15.8 Å². The largest absolute Gasteiger partial charge is 0.299 e. The second kappa shape index (κ2) is 3.73. The van der Waals surface area contributed by atoms with Gasteiger partial charge in [-0.1, -0.05) is 13.8 Å². The first kappa shape index (κ1) is 14.2. The quantitative estimate of drug-likeness (QED) is 0.865. The summed E-state index contributed by atoms with van der Waals surface area (Å²) in [4.78, 5) is 12.9. The fourth-order valence-electron chi connectivity index (χ4n) is 6.43. The Morgan fingerprint density at radius 2 is 1.86 bits per heavy atom. The molecule has 3 atom stereocenters. The van der Waals surface area contributed by atoms with Gasteiger partial charge >= 0.3 is 0 Å². The lowest BCUT2D eigenvalue weighted by atomic mass is 9.39. The van der Waals surface area contributed by atoms with Crippen LogP contribution in [0, 0.1) is 28.1 Å². The molecule has 5 heteroatoms. The standard InChI is InChI=1S/C16H25NO3S/c1-14(2)11-4-5-16(14,12(18)6-11)13(21(19,20)17-3)15-7-10(8-15)9-15/h10-11,13,17H,4-9H2,1-3H3. The van der Waals surface area contributed by atoms with Crippen LogP contribution < -0.4 is 4.72 Å². The van der Waals surface area contributed by atoms with Gasteiger partial charge in [-0.15, -0.1) is 0 Å². The molecule has 0 spiro atoms. The minimum absolute atomic E-state index is 0.112. The molecule has 0 aromatic rings. The van der Waals surface area contributed by atoms with E-state index in [4.69, 9.17) is 0 Å². The molecule has 5 rings (SSSR count). The molecule has 0 saturated heterocycles. The molecular formula is C16H25NO3S. The molecule has 0 aliphatic heterocycles. The van der Waals surface area contributed by atoms with Crippen molar-refractivity contribution < 1.29 is 13.2 Å². The van der Waals surface area contributed by atoms with Gasteiger partial charge in [0.1, 0.15) is 5.78 Å². The Labute approximate surface area is 127 Å². The molecule has 4 bridgehead atoms. The van der Waals surface area contributed by atoms with Crippen molar-refractivity contribution in [3.8, 4) is 0 Å². The number of ketones is 1. The first-order chi connectivity index (χ1) is 9.70. The molecule has 1 N–H and O–H groups in total. The summed E-state index contributed by atoms with van der Waals surface area (Å²) in [6.45, 7) is 4.28. The number of carbonyl (C=O) groups excluding carboxylic acids is 1. The van der Waals surface area contributed by atoms with Gasteiger partial charge in [0.2, 0.25) is 10.0 Å². The van der Waals surface area contributed by atoms with Gasteiger partial charge < -0.3 is 0 Å². The minimum atomic E-state index is -3.44. The van der Waals surface area contributed by atoms with E-state index < -0.39 is 20.7 Å². The van der Waals surface area contributed by atoms with Crippen molar-refractivity contribution in [3.05, 3.63) is 0 Å². The van der Waals surface area contributed by atoms with Crippen LogP contribution in [-0.2, 0) is 14.8 Å². The molecule has 0 aromatic heterocycles. The number of hydrogen-bond acceptors (Lipinski definition) is 3. The van der Waals surface area contributed by atoms with Gasteiger partial charge in [0.25, 0.3) is 0 Å². The average Bonchev–Trinajstić information content (AvgIpc) is 2.65. The molecule has 0 radical (unpaired) electrons. The number of rotatable bonds is 4. The summed E-state index contributed by atoms with van der Waals surface area (Å²) in [7, 11) is -1.94. The van der Waals surface area contributed by atoms with Gasteiger partial charge in [-0.2, -0.15) is 0 Å². The van der Waals surface area contributed by atoms with Crippen molar-refractivity contribution in [2.75, 3.05) is 7.05 Å². The van der Waals surface area contributed by atoms with E-state index in [9.17, 15) is 13.2 Å². The monoisotopic (exact) mass is 311 g/mol. The molecule has 0 aromatic carbocycles. The zero-order valence-corrected chi connectivity index (χ0v) is 13.9. The highest BCUT2D eigenvalue weighted by Gasteiger charge is 2.77. The lowest BCUT2D eigenvalue weighted by molar-refractivity contribution is -0.156. The van der Waals surface area contributed by atoms with Crippen molar-refractivity contribution in [1.82, 2.24) is 4.72 Å². The fraction of sp³-hybridized carbons (Fsp3) is 0.938. The summed E-state index contributed by atoms with van der Waals surface area (Å²) in [5, 5.41) is -0.512. The number of hydrogen-bond donors (Lipinski definition) is 1. The topological polar surface area (TPSA) is 63.2 Å². The van der Waals surface area contributed by atoms with Gasteiger partial charge in [-0.25, -0.2) is 13.1 Å². The van der Waals surface area contributed by atoms with E-state index in [0.29, 0.717) is 18.3 Å². The predicted molar refractivity (Wildman–Crippen MR) is 80.1 cm³/mol. The highest BCUT2D eigenvalue weighted by Crippen LogP contribution is 2.76. The molecule has 4 nitrogen and oxygen atoms in total. The molecule has 21 heavy (non-hydrogen) atoms. The molecular weight excluding hydrogens is 286 g/mol. The zero-order valence-electron chi connectivity index (χ0n) is 13.1. The van der Waals surface area contributed by atoms with Gasteiger partial charge in [-0.3, -0.25) is 4.79 Å². The normalized spacial score (nSPS) is 47.9. The minimum Gasteiger partial charge on any atom is -0.299 e. The summed E-state index contributed by atoms with van der Waals surface area (Å²) < 4.78 is 28.4. The third kappa shape index (κ3) is 1.37. The number of Topliss-reactive ketones (excluding diaryl/α,β-unsaturated/α-hetero) is 1. The van der Waals surface area contributed by atoms with Crippen LogP contribution in [0.2, 0.25) is 0 Å². The molecule has 3 unspecified atom stereocenters. The van der Waals surface area contributed by atoms with Crippen LogP contribution in [0.25, 0.3) is 0 Å². The van der Waals surface area contributed by atoms with Gasteiger partial charge in [-0.05, 0) is 61.8 Å². The second-order valence-corrected chi connectivity index (χ2v) is 10.5. The Balaban J connectivity index is 1.89. The van der Waals surface area contributed by atoms with Crippen LogP contribution >= 0.6 is 0 Å². The second-order valence-electron chi connectivity index (χ2n) is 8.53. The molecule has 5 aliphatic rings. The van der Waals surface area contributed by atoms with Crippen molar-refractivity contribution in [2.24, 2.45) is 28.1 Å². The first-order valence-electron chi connectivity index (χ1n) is 8.15. The third-order valence-electron chi connectivity index (χ3n) is 7.67.